The lowest BCUT2D eigenvalue weighted by molar-refractivity contribution is 0.108. The minimum Gasteiger partial charge on any atom is -0.393 e. The summed E-state index contributed by atoms with van der Waals surface area (Å²) in [5, 5.41) is 12.9. The topological polar surface area (TPSA) is 47.9 Å². The number of guanidine groups is 1. The summed E-state index contributed by atoms with van der Waals surface area (Å²) in [5.41, 5.74) is 1.20. The van der Waals surface area contributed by atoms with Crippen LogP contribution in [0.4, 0.5) is 0 Å². The van der Waals surface area contributed by atoms with Crippen molar-refractivity contribution >= 4 is 45.9 Å². The van der Waals surface area contributed by atoms with Crippen molar-refractivity contribution in [2.45, 2.75) is 32.4 Å². The average molecular weight is 468 g/mol. The van der Waals surface area contributed by atoms with Crippen molar-refractivity contribution in [3.63, 3.8) is 0 Å². The molecule has 0 aliphatic carbocycles. The molecule has 0 unspecified atom stereocenters. The molecule has 0 atom stereocenters. The van der Waals surface area contributed by atoms with E-state index in [-0.39, 0.29) is 30.1 Å². The van der Waals surface area contributed by atoms with Crippen LogP contribution in [0, 0.1) is 0 Å². The molecule has 21 heavy (non-hydrogen) atoms. The molecule has 1 fully saturated rings. The first-order valence-electron chi connectivity index (χ1n) is 7.15. The first-order chi connectivity index (χ1) is 9.69. The van der Waals surface area contributed by atoms with Gasteiger partial charge >= 0.3 is 0 Å². The molecule has 1 aliphatic rings. The van der Waals surface area contributed by atoms with Gasteiger partial charge in [0, 0.05) is 24.1 Å². The first-order valence-corrected chi connectivity index (χ1v) is 7.94. The molecule has 4 nitrogen and oxygen atoms in total. The van der Waals surface area contributed by atoms with Gasteiger partial charge in [0.05, 0.1) is 12.6 Å². The fraction of sp³-hybridized carbons (Fsp3) is 0.533. The summed E-state index contributed by atoms with van der Waals surface area (Å²) in [6.07, 6.45) is 1.49. The second kappa shape index (κ2) is 9.63. The molecule has 118 valence electrons. The number of rotatable bonds is 3. The molecule has 1 aromatic carbocycles. The first kappa shape index (κ1) is 18.7. The number of nitrogens with zero attached hydrogens (tertiary/aromatic N) is 2. The molecule has 6 heteroatoms. The van der Waals surface area contributed by atoms with E-state index < -0.39 is 0 Å². The maximum Gasteiger partial charge on any atom is 0.194 e. The maximum atomic E-state index is 9.58. The van der Waals surface area contributed by atoms with Gasteiger partial charge in [0.2, 0.25) is 0 Å². The van der Waals surface area contributed by atoms with E-state index in [2.05, 4.69) is 45.2 Å². The summed E-state index contributed by atoms with van der Waals surface area (Å²) in [4.78, 5) is 6.93. The highest BCUT2D eigenvalue weighted by molar-refractivity contribution is 14.0. The largest absolute Gasteiger partial charge is 0.393 e. The van der Waals surface area contributed by atoms with Crippen LogP contribution in [0.3, 0.4) is 0 Å². The molecule has 0 amide bonds. The number of aliphatic imine (C=N–C) groups is 1. The van der Waals surface area contributed by atoms with Crippen LogP contribution in [0.25, 0.3) is 0 Å². The number of aliphatic hydroxyl groups is 1. The summed E-state index contributed by atoms with van der Waals surface area (Å²) >= 11 is 3.44. The third kappa shape index (κ3) is 6.12. The van der Waals surface area contributed by atoms with Crippen LogP contribution in [-0.2, 0) is 6.54 Å². The highest BCUT2D eigenvalue weighted by atomic mass is 127. The molecule has 2 N–H and O–H groups in total. The standard InChI is InChI=1S/C15H22BrN3O.HI/c1-2-17-15(19-9-7-14(20)8-10-19)18-11-12-3-5-13(16)6-4-12;/h3-6,14,20H,2,7-11H2,1H3,(H,17,18);1H. The molecule has 0 aromatic heterocycles. The van der Waals surface area contributed by atoms with Gasteiger partial charge in [-0.15, -0.1) is 24.0 Å². The van der Waals surface area contributed by atoms with E-state index in [1.807, 2.05) is 12.1 Å². The summed E-state index contributed by atoms with van der Waals surface area (Å²) in [5.74, 6) is 0.947. The van der Waals surface area contributed by atoms with Crippen molar-refractivity contribution in [3.8, 4) is 0 Å². The highest BCUT2D eigenvalue weighted by Crippen LogP contribution is 2.13. The highest BCUT2D eigenvalue weighted by Gasteiger charge is 2.19. The van der Waals surface area contributed by atoms with Crippen LogP contribution in [0.5, 0.6) is 0 Å². The minimum atomic E-state index is -0.152. The van der Waals surface area contributed by atoms with Gasteiger partial charge in [-0.1, -0.05) is 28.1 Å². The van der Waals surface area contributed by atoms with Gasteiger partial charge in [0.25, 0.3) is 0 Å². The SMILES string of the molecule is CCNC(=NCc1ccc(Br)cc1)N1CCC(O)CC1.I. The van der Waals surface area contributed by atoms with Gasteiger partial charge in [-0.25, -0.2) is 4.99 Å². The van der Waals surface area contributed by atoms with E-state index in [9.17, 15) is 5.11 Å². The monoisotopic (exact) mass is 467 g/mol. The average Bonchev–Trinajstić information content (AvgIpc) is 2.46. The Morgan fingerprint density at radius 2 is 1.95 bits per heavy atom. The Labute approximate surface area is 152 Å². The van der Waals surface area contributed by atoms with Crippen LogP contribution < -0.4 is 5.32 Å². The third-order valence-corrected chi connectivity index (χ3v) is 3.95. The Morgan fingerprint density at radius 1 is 1.33 bits per heavy atom. The zero-order valence-electron chi connectivity index (χ0n) is 12.3. The number of piperidine rings is 1. The van der Waals surface area contributed by atoms with Crippen molar-refractivity contribution in [2.24, 2.45) is 4.99 Å². The zero-order valence-corrected chi connectivity index (χ0v) is 16.2. The predicted molar refractivity (Wildman–Crippen MR) is 101 cm³/mol. The van der Waals surface area contributed by atoms with Gasteiger partial charge in [0.1, 0.15) is 0 Å². The Kier molecular flexibility index (Phi) is 8.58. The molecule has 0 bridgehead atoms. The third-order valence-electron chi connectivity index (χ3n) is 3.42. The quantitative estimate of drug-likeness (QED) is 0.408. The number of benzene rings is 1. The van der Waals surface area contributed by atoms with Crippen LogP contribution in [0.15, 0.2) is 33.7 Å². The van der Waals surface area contributed by atoms with Crippen molar-refractivity contribution in [2.75, 3.05) is 19.6 Å². The Hall–Kier alpha value is -0.340. The normalized spacial score (nSPS) is 16.5. The molecule has 2 rings (SSSR count). The number of hydrogen-bond donors (Lipinski definition) is 2. The second-order valence-corrected chi connectivity index (χ2v) is 5.93. The summed E-state index contributed by atoms with van der Waals surface area (Å²) < 4.78 is 1.09. The number of aliphatic hydroxyl groups excluding tert-OH is 1. The molecule has 1 saturated heterocycles. The fourth-order valence-electron chi connectivity index (χ4n) is 2.26. The van der Waals surface area contributed by atoms with Gasteiger partial charge < -0.3 is 15.3 Å². The van der Waals surface area contributed by atoms with Crippen molar-refractivity contribution in [1.82, 2.24) is 10.2 Å². The minimum absolute atomic E-state index is 0. The van der Waals surface area contributed by atoms with Crippen molar-refractivity contribution in [1.29, 1.82) is 0 Å². The summed E-state index contributed by atoms with van der Waals surface area (Å²) in [6, 6.07) is 8.23. The molecular formula is C15H23BrIN3O. The van der Waals surface area contributed by atoms with E-state index in [1.54, 1.807) is 0 Å². The molecule has 0 radical (unpaired) electrons. The molecule has 0 spiro atoms. The van der Waals surface area contributed by atoms with Gasteiger partial charge in [0.15, 0.2) is 5.96 Å². The molecule has 0 saturated carbocycles. The second-order valence-electron chi connectivity index (χ2n) is 5.01. The van der Waals surface area contributed by atoms with Gasteiger partial charge in [-0.3, -0.25) is 0 Å². The van der Waals surface area contributed by atoms with Gasteiger partial charge in [-0.2, -0.15) is 0 Å². The van der Waals surface area contributed by atoms with E-state index >= 15 is 0 Å². The number of nitrogens with one attached hydrogen (secondary N) is 1. The lowest BCUT2D eigenvalue weighted by Crippen LogP contribution is -2.46. The lowest BCUT2D eigenvalue weighted by Gasteiger charge is -2.32. The zero-order chi connectivity index (χ0) is 14.4. The lowest BCUT2D eigenvalue weighted by atomic mass is 10.1. The number of halogens is 2. The van der Waals surface area contributed by atoms with Crippen LogP contribution in [0.2, 0.25) is 0 Å². The van der Waals surface area contributed by atoms with Crippen molar-refractivity contribution in [3.05, 3.63) is 34.3 Å². The fourth-order valence-corrected chi connectivity index (χ4v) is 2.52. The Bertz CT molecular complexity index is 445. The Balaban J connectivity index is 0.00000220. The smallest absolute Gasteiger partial charge is 0.194 e. The van der Waals surface area contributed by atoms with Crippen LogP contribution in [-0.4, -0.2) is 41.7 Å². The predicted octanol–water partition coefficient (Wildman–Crippen LogP) is 2.99. The van der Waals surface area contributed by atoms with Crippen LogP contribution in [0.1, 0.15) is 25.3 Å². The maximum absolute atomic E-state index is 9.58. The number of likely N-dealkylation sites (tertiary alicyclic amines) is 1. The van der Waals surface area contributed by atoms with E-state index in [0.717, 1.165) is 42.9 Å². The van der Waals surface area contributed by atoms with E-state index in [0.29, 0.717) is 6.54 Å². The Morgan fingerprint density at radius 3 is 2.52 bits per heavy atom. The molecule has 1 aromatic rings. The summed E-state index contributed by atoms with van der Waals surface area (Å²) in [6.45, 7) is 5.35. The van der Waals surface area contributed by atoms with E-state index in [1.165, 1.54) is 5.56 Å². The number of hydrogen-bond acceptors (Lipinski definition) is 2. The molecular weight excluding hydrogens is 445 g/mol. The van der Waals surface area contributed by atoms with E-state index in [4.69, 9.17) is 4.99 Å². The van der Waals surface area contributed by atoms with Crippen molar-refractivity contribution < 1.29 is 5.11 Å². The summed E-state index contributed by atoms with van der Waals surface area (Å²) in [7, 11) is 0. The van der Waals surface area contributed by atoms with Gasteiger partial charge in [-0.05, 0) is 37.5 Å². The molecule has 1 aliphatic heterocycles. The van der Waals surface area contributed by atoms with Crippen LogP contribution >= 0.6 is 39.9 Å². The molecule has 1 heterocycles.